The van der Waals surface area contributed by atoms with Gasteiger partial charge in [-0.3, -0.25) is 0 Å². The van der Waals surface area contributed by atoms with E-state index in [2.05, 4.69) is 26.0 Å². The van der Waals surface area contributed by atoms with Gasteiger partial charge in [0.25, 0.3) is 0 Å². The first-order valence-electron chi connectivity index (χ1n) is 8.67. The molecule has 3 unspecified atom stereocenters. The minimum atomic E-state index is -0.653. The first-order chi connectivity index (χ1) is 10.6. The first-order valence-corrected chi connectivity index (χ1v) is 8.67. The van der Waals surface area contributed by atoms with Gasteiger partial charge in [0.1, 0.15) is 5.75 Å². The molecule has 0 aliphatic heterocycles. The van der Waals surface area contributed by atoms with E-state index in [1.54, 1.807) is 0 Å². The Labute approximate surface area is 135 Å². The number of benzene rings is 1. The van der Waals surface area contributed by atoms with Crippen LogP contribution in [0.3, 0.4) is 0 Å². The van der Waals surface area contributed by atoms with Crippen molar-refractivity contribution in [3.05, 3.63) is 29.8 Å². The predicted molar refractivity (Wildman–Crippen MR) is 91.4 cm³/mol. The Kier molecular flexibility index (Phi) is 9.17. The van der Waals surface area contributed by atoms with Crippen molar-refractivity contribution in [2.45, 2.75) is 77.4 Å². The Hall–Kier alpha value is -1.06. The van der Waals surface area contributed by atoms with E-state index >= 15 is 0 Å². The van der Waals surface area contributed by atoms with Crippen LogP contribution < -0.4 is 4.74 Å². The van der Waals surface area contributed by atoms with Crippen LogP contribution in [-0.2, 0) is 0 Å². The highest BCUT2D eigenvalue weighted by Crippen LogP contribution is 2.24. The number of unbranched alkanes of at least 4 members (excludes halogenated alkanes) is 2. The number of ether oxygens (including phenoxy) is 1. The van der Waals surface area contributed by atoms with Gasteiger partial charge in [-0.15, -0.1) is 0 Å². The second-order valence-electron chi connectivity index (χ2n) is 6.18. The van der Waals surface area contributed by atoms with Crippen LogP contribution in [0.4, 0.5) is 0 Å². The summed E-state index contributed by atoms with van der Waals surface area (Å²) in [5.74, 6) is 1.12. The highest BCUT2D eigenvalue weighted by atomic mass is 16.5. The summed E-state index contributed by atoms with van der Waals surface area (Å²) in [6.45, 7) is 7.05. The van der Waals surface area contributed by atoms with Crippen LogP contribution in [0.25, 0.3) is 0 Å². The maximum absolute atomic E-state index is 10.0. The third kappa shape index (κ3) is 6.80. The molecule has 1 rings (SSSR count). The molecule has 1 aromatic rings. The van der Waals surface area contributed by atoms with E-state index in [1.807, 2.05) is 19.1 Å². The predicted octanol–water partition coefficient (Wildman–Crippen LogP) is 4.27. The maximum atomic E-state index is 10.0. The van der Waals surface area contributed by atoms with Crippen molar-refractivity contribution in [1.29, 1.82) is 0 Å². The van der Waals surface area contributed by atoms with Crippen molar-refractivity contribution >= 4 is 0 Å². The van der Waals surface area contributed by atoms with Gasteiger partial charge in [-0.1, -0.05) is 52.2 Å². The fourth-order valence-corrected chi connectivity index (χ4v) is 2.58. The van der Waals surface area contributed by atoms with Crippen molar-refractivity contribution in [3.8, 4) is 5.75 Å². The fourth-order valence-electron chi connectivity index (χ4n) is 2.58. The molecule has 0 aliphatic rings. The minimum absolute atomic E-state index is 0.218. The molecule has 0 radical (unpaired) electrons. The van der Waals surface area contributed by atoms with E-state index in [1.165, 1.54) is 18.4 Å². The molecule has 0 aromatic heterocycles. The third-order valence-corrected chi connectivity index (χ3v) is 4.09. The number of hydrogen-bond donors (Lipinski definition) is 2. The topological polar surface area (TPSA) is 49.7 Å². The summed E-state index contributed by atoms with van der Waals surface area (Å²) in [4.78, 5) is 0. The van der Waals surface area contributed by atoms with Crippen LogP contribution in [0, 0.1) is 0 Å². The number of hydrogen-bond acceptors (Lipinski definition) is 3. The van der Waals surface area contributed by atoms with Gasteiger partial charge in [0.15, 0.2) is 0 Å². The molecule has 2 N–H and O–H groups in total. The number of rotatable bonds is 11. The second-order valence-corrected chi connectivity index (χ2v) is 6.18. The van der Waals surface area contributed by atoms with Crippen LogP contribution in [0.15, 0.2) is 24.3 Å². The average Bonchev–Trinajstić information content (AvgIpc) is 2.52. The van der Waals surface area contributed by atoms with E-state index in [0.29, 0.717) is 12.8 Å². The Morgan fingerprint density at radius 1 is 0.955 bits per heavy atom. The van der Waals surface area contributed by atoms with Crippen molar-refractivity contribution in [1.82, 2.24) is 0 Å². The Balaban J connectivity index is 2.44. The van der Waals surface area contributed by atoms with Crippen molar-refractivity contribution < 1.29 is 14.9 Å². The molecule has 1 aromatic carbocycles. The normalized spacial score (nSPS) is 15.3. The molecular weight excluding hydrogens is 276 g/mol. The van der Waals surface area contributed by atoms with Gasteiger partial charge in [0.05, 0.1) is 18.8 Å². The quantitative estimate of drug-likeness (QED) is 0.600. The van der Waals surface area contributed by atoms with Crippen LogP contribution >= 0.6 is 0 Å². The van der Waals surface area contributed by atoms with Crippen molar-refractivity contribution in [2.75, 3.05) is 6.61 Å². The van der Waals surface area contributed by atoms with Crippen molar-refractivity contribution in [3.63, 3.8) is 0 Å². The first kappa shape index (κ1) is 19.0. The SMILES string of the molecule is CCCCCOc1ccc(C(C)CC(O)C(O)CCC)cc1. The lowest BCUT2D eigenvalue weighted by molar-refractivity contribution is 0.00637. The molecule has 0 fully saturated rings. The van der Waals surface area contributed by atoms with Crippen molar-refractivity contribution in [2.24, 2.45) is 0 Å². The number of aliphatic hydroxyl groups is 2. The molecule has 0 saturated carbocycles. The van der Waals surface area contributed by atoms with E-state index in [9.17, 15) is 10.2 Å². The molecule has 0 saturated heterocycles. The lowest BCUT2D eigenvalue weighted by Crippen LogP contribution is -2.27. The Morgan fingerprint density at radius 2 is 1.64 bits per heavy atom. The van der Waals surface area contributed by atoms with E-state index in [-0.39, 0.29) is 5.92 Å². The van der Waals surface area contributed by atoms with E-state index < -0.39 is 12.2 Å². The standard InChI is InChI=1S/C19H32O3/c1-4-6-7-13-22-17-11-9-16(10-12-17)15(3)14-19(21)18(20)8-5-2/h9-12,15,18-21H,4-8,13-14H2,1-3H3. The van der Waals surface area contributed by atoms with Gasteiger partial charge >= 0.3 is 0 Å². The summed E-state index contributed by atoms with van der Waals surface area (Å²) in [6, 6.07) is 8.09. The average molecular weight is 308 g/mol. The highest BCUT2D eigenvalue weighted by Gasteiger charge is 2.19. The summed E-state index contributed by atoms with van der Waals surface area (Å²) < 4.78 is 5.70. The molecule has 0 bridgehead atoms. The minimum Gasteiger partial charge on any atom is -0.494 e. The second kappa shape index (κ2) is 10.6. The summed E-state index contributed by atoms with van der Waals surface area (Å²) in [5, 5.41) is 19.9. The zero-order valence-electron chi connectivity index (χ0n) is 14.3. The van der Waals surface area contributed by atoms with Gasteiger partial charge in [-0.2, -0.15) is 0 Å². The summed E-state index contributed by atoms with van der Waals surface area (Å²) in [7, 11) is 0. The summed E-state index contributed by atoms with van der Waals surface area (Å²) >= 11 is 0. The zero-order chi connectivity index (χ0) is 16.4. The maximum Gasteiger partial charge on any atom is 0.119 e. The Bertz CT molecular complexity index is 388. The summed E-state index contributed by atoms with van der Waals surface area (Å²) in [6.07, 6.45) is 4.34. The van der Waals surface area contributed by atoms with Gasteiger partial charge < -0.3 is 14.9 Å². The Morgan fingerprint density at radius 3 is 2.23 bits per heavy atom. The lowest BCUT2D eigenvalue weighted by Gasteiger charge is -2.21. The lowest BCUT2D eigenvalue weighted by atomic mass is 9.92. The van der Waals surface area contributed by atoms with Crippen LogP contribution in [0.2, 0.25) is 0 Å². The third-order valence-electron chi connectivity index (χ3n) is 4.09. The zero-order valence-corrected chi connectivity index (χ0v) is 14.3. The number of aliphatic hydroxyl groups excluding tert-OH is 2. The molecule has 126 valence electrons. The molecule has 3 nitrogen and oxygen atoms in total. The molecule has 0 spiro atoms. The van der Waals surface area contributed by atoms with Gasteiger partial charge in [0.2, 0.25) is 0 Å². The van der Waals surface area contributed by atoms with Gasteiger partial charge in [-0.05, 0) is 42.9 Å². The molecule has 3 heteroatoms. The molecule has 0 heterocycles. The molecular formula is C19H32O3. The molecule has 22 heavy (non-hydrogen) atoms. The van der Waals surface area contributed by atoms with E-state index in [0.717, 1.165) is 25.2 Å². The van der Waals surface area contributed by atoms with Gasteiger partial charge in [-0.25, -0.2) is 0 Å². The molecule has 0 aliphatic carbocycles. The van der Waals surface area contributed by atoms with Gasteiger partial charge in [0, 0.05) is 0 Å². The molecule has 3 atom stereocenters. The van der Waals surface area contributed by atoms with Crippen LogP contribution in [0.1, 0.15) is 70.8 Å². The largest absolute Gasteiger partial charge is 0.494 e. The van der Waals surface area contributed by atoms with Crippen LogP contribution in [-0.4, -0.2) is 29.0 Å². The molecule has 0 amide bonds. The van der Waals surface area contributed by atoms with Crippen LogP contribution in [0.5, 0.6) is 5.75 Å². The van der Waals surface area contributed by atoms with E-state index in [4.69, 9.17) is 4.74 Å². The summed E-state index contributed by atoms with van der Waals surface area (Å²) in [5.41, 5.74) is 1.17. The monoisotopic (exact) mass is 308 g/mol. The highest BCUT2D eigenvalue weighted by molar-refractivity contribution is 5.29. The fraction of sp³-hybridized carbons (Fsp3) is 0.684. The smallest absolute Gasteiger partial charge is 0.119 e.